The van der Waals surface area contributed by atoms with Gasteiger partial charge in [-0.15, -0.1) is 6.58 Å². The van der Waals surface area contributed by atoms with Crippen molar-refractivity contribution in [3.8, 4) is 11.5 Å². The van der Waals surface area contributed by atoms with Crippen LogP contribution in [0.4, 0.5) is 0 Å². The van der Waals surface area contributed by atoms with E-state index in [-0.39, 0.29) is 6.04 Å². The lowest BCUT2D eigenvalue weighted by Crippen LogP contribution is -2.11. The predicted molar refractivity (Wildman–Crippen MR) is 65.9 cm³/mol. The van der Waals surface area contributed by atoms with Gasteiger partial charge in [-0.2, -0.15) is 0 Å². The molecule has 0 saturated heterocycles. The zero-order valence-electron chi connectivity index (χ0n) is 9.90. The third-order valence-corrected chi connectivity index (χ3v) is 2.52. The van der Waals surface area contributed by atoms with Gasteiger partial charge in [-0.05, 0) is 18.9 Å². The first kappa shape index (κ1) is 12.6. The van der Waals surface area contributed by atoms with E-state index in [0.717, 1.165) is 29.9 Å². The van der Waals surface area contributed by atoms with Crippen LogP contribution >= 0.6 is 0 Å². The second-order valence-corrected chi connectivity index (χ2v) is 3.58. The Morgan fingerprint density at radius 3 is 2.69 bits per heavy atom. The van der Waals surface area contributed by atoms with Gasteiger partial charge in [0.15, 0.2) is 0 Å². The summed E-state index contributed by atoms with van der Waals surface area (Å²) < 4.78 is 10.4. The zero-order valence-corrected chi connectivity index (χ0v) is 9.90. The Hall–Kier alpha value is -1.48. The molecule has 0 heterocycles. The Labute approximate surface area is 96.9 Å². The maximum atomic E-state index is 6.08. The molecule has 0 bridgehead atoms. The van der Waals surface area contributed by atoms with Crippen LogP contribution in [0.2, 0.25) is 0 Å². The van der Waals surface area contributed by atoms with Crippen LogP contribution in [0.25, 0.3) is 0 Å². The summed E-state index contributed by atoms with van der Waals surface area (Å²) in [7, 11) is 3.27. The maximum Gasteiger partial charge on any atom is 0.127 e. The monoisotopic (exact) mass is 221 g/mol. The van der Waals surface area contributed by atoms with Crippen LogP contribution < -0.4 is 15.2 Å². The van der Waals surface area contributed by atoms with Gasteiger partial charge in [0.05, 0.1) is 14.2 Å². The number of rotatable bonds is 6. The lowest BCUT2D eigenvalue weighted by Gasteiger charge is -2.15. The van der Waals surface area contributed by atoms with Gasteiger partial charge < -0.3 is 15.2 Å². The Morgan fingerprint density at radius 2 is 2.12 bits per heavy atom. The summed E-state index contributed by atoms with van der Waals surface area (Å²) >= 11 is 0. The van der Waals surface area contributed by atoms with Crippen molar-refractivity contribution in [3.63, 3.8) is 0 Å². The maximum absolute atomic E-state index is 6.08. The molecule has 0 amide bonds. The van der Waals surface area contributed by atoms with Crippen LogP contribution in [0.1, 0.15) is 24.4 Å². The van der Waals surface area contributed by atoms with E-state index < -0.39 is 0 Å². The van der Waals surface area contributed by atoms with Crippen molar-refractivity contribution in [3.05, 3.63) is 36.4 Å². The van der Waals surface area contributed by atoms with Gasteiger partial charge in [0.25, 0.3) is 0 Å². The summed E-state index contributed by atoms with van der Waals surface area (Å²) in [6, 6.07) is 5.67. The minimum absolute atomic E-state index is 0.0288. The molecule has 0 saturated carbocycles. The topological polar surface area (TPSA) is 44.5 Å². The molecule has 2 N–H and O–H groups in total. The molecule has 1 aromatic rings. The van der Waals surface area contributed by atoms with E-state index >= 15 is 0 Å². The largest absolute Gasteiger partial charge is 0.497 e. The van der Waals surface area contributed by atoms with Crippen molar-refractivity contribution in [1.82, 2.24) is 0 Å². The number of allylic oxidation sites excluding steroid dienone is 1. The van der Waals surface area contributed by atoms with E-state index in [4.69, 9.17) is 15.2 Å². The van der Waals surface area contributed by atoms with E-state index in [1.165, 1.54) is 0 Å². The molecular weight excluding hydrogens is 202 g/mol. The Balaban J connectivity index is 2.89. The van der Waals surface area contributed by atoms with Crippen LogP contribution in [-0.4, -0.2) is 14.2 Å². The van der Waals surface area contributed by atoms with Crippen LogP contribution in [0.5, 0.6) is 11.5 Å². The highest BCUT2D eigenvalue weighted by Gasteiger charge is 2.11. The summed E-state index contributed by atoms with van der Waals surface area (Å²) in [6.45, 7) is 3.69. The van der Waals surface area contributed by atoms with Gasteiger partial charge in [-0.25, -0.2) is 0 Å². The fourth-order valence-corrected chi connectivity index (χ4v) is 1.58. The van der Waals surface area contributed by atoms with Gasteiger partial charge in [-0.1, -0.05) is 12.1 Å². The Bertz CT molecular complexity index is 350. The quantitative estimate of drug-likeness (QED) is 0.751. The van der Waals surface area contributed by atoms with E-state index in [0.29, 0.717) is 0 Å². The molecule has 0 aliphatic heterocycles. The Kier molecular flexibility index (Phi) is 4.86. The molecule has 3 heteroatoms. The van der Waals surface area contributed by atoms with Crippen molar-refractivity contribution in [2.75, 3.05) is 14.2 Å². The first-order chi connectivity index (χ1) is 7.72. The number of benzene rings is 1. The van der Waals surface area contributed by atoms with Crippen LogP contribution in [0.3, 0.4) is 0 Å². The zero-order chi connectivity index (χ0) is 12.0. The molecule has 88 valence electrons. The number of hydrogen-bond donors (Lipinski definition) is 1. The lowest BCUT2D eigenvalue weighted by molar-refractivity contribution is 0.387. The molecule has 0 spiro atoms. The first-order valence-corrected chi connectivity index (χ1v) is 5.31. The summed E-state index contributed by atoms with van der Waals surface area (Å²) in [5, 5.41) is 0. The molecule has 0 aliphatic carbocycles. The van der Waals surface area contributed by atoms with Crippen molar-refractivity contribution in [2.45, 2.75) is 18.9 Å². The highest BCUT2D eigenvalue weighted by Crippen LogP contribution is 2.30. The van der Waals surface area contributed by atoms with Crippen molar-refractivity contribution >= 4 is 0 Å². The average Bonchev–Trinajstić information content (AvgIpc) is 2.34. The highest BCUT2D eigenvalue weighted by atomic mass is 16.5. The third-order valence-electron chi connectivity index (χ3n) is 2.52. The molecule has 16 heavy (non-hydrogen) atoms. The molecule has 0 unspecified atom stereocenters. The summed E-state index contributed by atoms with van der Waals surface area (Å²) in [5.74, 6) is 1.55. The van der Waals surface area contributed by atoms with Crippen molar-refractivity contribution in [1.29, 1.82) is 0 Å². The van der Waals surface area contributed by atoms with Crippen molar-refractivity contribution in [2.24, 2.45) is 5.73 Å². The summed E-state index contributed by atoms with van der Waals surface area (Å²) in [6.07, 6.45) is 3.64. The fourth-order valence-electron chi connectivity index (χ4n) is 1.58. The molecule has 1 aromatic carbocycles. The molecule has 0 aliphatic rings. The molecule has 0 fully saturated rings. The van der Waals surface area contributed by atoms with Gasteiger partial charge in [0, 0.05) is 17.7 Å². The number of nitrogens with two attached hydrogens (primary N) is 1. The standard InChI is InChI=1S/C13H19NO2/c1-4-5-6-12(14)11-8-7-10(15-2)9-13(11)16-3/h4,7-9,12H,1,5-6,14H2,2-3H3/t12-/m1/s1. The Morgan fingerprint density at radius 1 is 1.38 bits per heavy atom. The van der Waals surface area contributed by atoms with Gasteiger partial charge in [0.2, 0.25) is 0 Å². The predicted octanol–water partition coefficient (Wildman–Crippen LogP) is 2.67. The second-order valence-electron chi connectivity index (χ2n) is 3.58. The van der Waals surface area contributed by atoms with Crippen LogP contribution in [0, 0.1) is 0 Å². The molecule has 0 aromatic heterocycles. The smallest absolute Gasteiger partial charge is 0.127 e. The van der Waals surface area contributed by atoms with Crippen molar-refractivity contribution < 1.29 is 9.47 Å². The highest BCUT2D eigenvalue weighted by molar-refractivity contribution is 5.42. The molecule has 0 radical (unpaired) electrons. The van der Waals surface area contributed by atoms with E-state index in [1.54, 1.807) is 14.2 Å². The normalized spacial score (nSPS) is 11.9. The molecule has 1 atom stereocenters. The summed E-state index contributed by atoms with van der Waals surface area (Å²) in [4.78, 5) is 0. The van der Waals surface area contributed by atoms with Gasteiger partial charge >= 0.3 is 0 Å². The lowest BCUT2D eigenvalue weighted by atomic mass is 10.0. The first-order valence-electron chi connectivity index (χ1n) is 5.31. The molecule has 3 nitrogen and oxygen atoms in total. The molecular formula is C13H19NO2. The van der Waals surface area contributed by atoms with E-state index in [9.17, 15) is 0 Å². The van der Waals surface area contributed by atoms with Gasteiger partial charge in [-0.3, -0.25) is 0 Å². The number of hydrogen-bond acceptors (Lipinski definition) is 3. The number of ether oxygens (including phenoxy) is 2. The SMILES string of the molecule is C=CCC[C@@H](N)c1ccc(OC)cc1OC. The number of methoxy groups -OCH3 is 2. The van der Waals surface area contributed by atoms with Crippen LogP contribution in [0.15, 0.2) is 30.9 Å². The minimum Gasteiger partial charge on any atom is -0.497 e. The second kappa shape index (κ2) is 6.18. The summed E-state index contributed by atoms with van der Waals surface area (Å²) in [5.41, 5.74) is 7.09. The molecule has 1 rings (SSSR count). The minimum atomic E-state index is -0.0288. The van der Waals surface area contributed by atoms with E-state index in [1.807, 2.05) is 24.3 Å². The van der Waals surface area contributed by atoms with Gasteiger partial charge in [0.1, 0.15) is 11.5 Å². The fraction of sp³-hybridized carbons (Fsp3) is 0.385. The average molecular weight is 221 g/mol. The third kappa shape index (κ3) is 3.00. The van der Waals surface area contributed by atoms with Crippen LogP contribution in [-0.2, 0) is 0 Å². The van der Waals surface area contributed by atoms with E-state index in [2.05, 4.69) is 6.58 Å².